The predicted molar refractivity (Wildman–Crippen MR) is 115 cm³/mol. The molecule has 7 nitrogen and oxygen atoms in total. The van der Waals surface area contributed by atoms with E-state index in [0.29, 0.717) is 11.4 Å². The summed E-state index contributed by atoms with van der Waals surface area (Å²) in [6.45, 7) is -1.36. The number of rotatable bonds is 7. The first kappa shape index (κ1) is 22.3. The second-order valence-electron chi connectivity index (χ2n) is 6.37. The highest BCUT2D eigenvalue weighted by Gasteiger charge is 2.33. The number of halogens is 2. The average Bonchev–Trinajstić information content (AvgIpc) is 3.03. The van der Waals surface area contributed by atoms with Gasteiger partial charge in [0.1, 0.15) is 17.2 Å². The smallest absolute Gasteiger partial charge is 0.387 e. The summed E-state index contributed by atoms with van der Waals surface area (Å²) in [6.07, 6.45) is 1.60. The average molecular weight is 447 g/mol. The summed E-state index contributed by atoms with van der Waals surface area (Å²) in [5.74, 6) is -0.371. The first-order valence-corrected chi connectivity index (χ1v) is 9.96. The van der Waals surface area contributed by atoms with E-state index in [2.05, 4.69) is 9.73 Å². The summed E-state index contributed by atoms with van der Waals surface area (Å²) in [5, 5.41) is -0.394. The molecule has 2 N–H and O–H groups in total. The van der Waals surface area contributed by atoms with Crippen LogP contribution in [0.15, 0.2) is 59.2 Å². The summed E-state index contributed by atoms with van der Waals surface area (Å²) in [5.41, 5.74) is 6.61. The molecule has 0 saturated heterocycles. The van der Waals surface area contributed by atoms with Crippen molar-refractivity contribution >= 4 is 40.5 Å². The van der Waals surface area contributed by atoms with Gasteiger partial charge >= 0.3 is 6.61 Å². The van der Waals surface area contributed by atoms with E-state index in [0.717, 1.165) is 17.3 Å². The van der Waals surface area contributed by atoms with Crippen LogP contribution in [0.3, 0.4) is 0 Å². The SMILES string of the molecule is COc1ccc(/C=C2\N=C(S[C@@H](C)C(N)=O)N(c3ccc(OC(F)F)cc3)C2=O)cc1. The molecular weight excluding hydrogens is 428 g/mol. The fourth-order valence-electron chi connectivity index (χ4n) is 2.65. The van der Waals surface area contributed by atoms with Crippen LogP contribution in [-0.2, 0) is 9.59 Å². The quantitative estimate of drug-likeness (QED) is 0.654. The zero-order chi connectivity index (χ0) is 22.5. The van der Waals surface area contributed by atoms with E-state index in [1.54, 1.807) is 44.4 Å². The van der Waals surface area contributed by atoms with Crippen LogP contribution in [0, 0.1) is 0 Å². The first-order valence-electron chi connectivity index (χ1n) is 9.08. The van der Waals surface area contributed by atoms with Gasteiger partial charge < -0.3 is 15.2 Å². The van der Waals surface area contributed by atoms with E-state index < -0.39 is 23.7 Å². The minimum Gasteiger partial charge on any atom is -0.497 e. The summed E-state index contributed by atoms with van der Waals surface area (Å²) < 4.78 is 34.3. The van der Waals surface area contributed by atoms with Gasteiger partial charge in [-0.15, -0.1) is 0 Å². The Morgan fingerprint density at radius 1 is 1.13 bits per heavy atom. The van der Waals surface area contributed by atoms with E-state index >= 15 is 0 Å². The Labute approximate surface area is 181 Å². The predicted octanol–water partition coefficient (Wildman–Crippen LogP) is 3.65. The number of benzene rings is 2. The molecule has 0 aromatic heterocycles. The number of carbonyl (C=O) groups excluding carboxylic acids is 2. The lowest BCUT2D eigenvalue weighted by Gasteiger charge is -2.19. The van der Waals surface area contributed by atoms with E-state index in [9.17, 15) is 18.4 Å². The van der Waals surface area contributed by atoms with Crippen molar-refractivity contribution < 1.29 is 27.8 Å². The second kappa shape index (κ2) is 9.61. The molecule has 1 aliphatic rings. The van der Waals surface area contributed by atoms with Crippen LogP contribution in [0.1, 0.15) is 12.5 Å². The van der Waals surface area contributed by atoms with E-state index in [1.165, 1.54) is 29.2 Å². The number of ether oxygens (including phenoxy) is 2. The highest BCUT2D eigenvalue weighted by Crippen LogP contribution is 2.32. The number of nitrogens with two attached hydrogens (primary N) is 1. The standard InChI is InChI=1S/C21H19F2N3O4S/c1-12(18(24)27)31-21-25-17(11-13-3-7-15(29-2)8-4-13)19(28)26(21)14-5-9-16(10-6-14)30-20(22)23/h3-12,20H,1-2H3,(H2,24,27)/b17-11-/t12-/m0/s1. The van der Waals surface area contributed by atoms with E-state index in [-0.39, 0.29) is 16.6 Å². The lowest BCUT2D eigenvalue weighted by molar-refractivity contribution is -0.117. The minimum absolute atomic E-state index is 0.0453. The minimum atomic E-state index is -2.96. The largest absolute Gasteiger partial charge is 0.497 e. The van der Waals surface area contributed by atoms with Crippen molar-refractivity contribution in [2.24, 2.45) is 10.7 Å². The third-order valence-electron chi connectivity index (χ3n) is 4.25. The molecule has 2 aromatic carbocycles. The lowest BCUT2D eigenvalue weighted by Crippen LogP contribution is -2.33. The monoisotopic (exact) mass is 447 g/mol. The normalized spacial score (nSPS) is 15.9. The molecule has 10 heteroatoms. The van der Waals surface area contributed by atoms with Crippen LogP contribution in [0.4, 0.5) is 14.5 Å². The van der Waals surface area contributed by atoms with Crippen molar-refractivity contribution in [3.63, 3.8) is 0 Å². The van der Waals surface area contributed by atoms with Gasteiger partial charge in [-0.3, -0.25) is 14.5 Å². The van der Waals surface area contributed by atoms with Crippen molar-refractivity contribution in [3.8, 4) is 11.5 Å². The summed E-state index contributed by atoms with van der Waals surface area (Å²) >= 11 is 1.03. The number of aliphatic imine (C=N–C) groups is 1. The Hall–Kier alpha value is -3.40. The van der Waals surface area contributed by atoms with Crippen molar-refractivity contribution in [1.82, 2.24) is 0 Å². The Kier molecular flexibility index (Phi) is 6.91. The topological polar surface area (TPSA) is 94.2 Å². The Balaban J connectivity index is 1.94. The van der Waals surface area contributed by atoms with E-state index in [1.807, 2.05) is 0 Å². The molecule has 0 fully saturated rings. The van der Waals surface area contributed by atoms with Gasteiger partial charge in [0.05, 0.1) is 18.0 Å². The fourth-order valence-corrected chi connectivity index (χ4v) is 3.53. The number of nitrogens with zero attached hydrogens (tertiary/aromatic N) is 2. The van der Waals surface area contributed by atoms with Crippen LogP contribution in [-0.4, -0.2) is 36.0 Å². The molecule has 0 saturated carbocycles. The van der Waals surface area contributed by atoms with Crippen molar-refractivity contribution in [2.75, 3.05) is 12.0 Å². The van der Waals surface area contributed by atoms with Gasteiger partial charge in [-0.25, -0.2) is 4.99 Å². The van der Waals surface area contributed by atoms with Gasteiger partial charge in [0, 0.05) is 0 Å². The zero-order valence-corrected chi connectivity index (χ0v) is 17.4. The molecule has 1 aliphatic heterocycles. The summed E-state index contributed by atoms with van der Waals surface area (Å²) in [7, 11) is 1.55. The molecule has 0 bridgehead atoms. The molecule has 1 heterocycles. The lowest BCUT2D eigenvalue weighted by atomic mass is 10.2. The molecule has 0 aliphatic carbocycles. The van der Waals surface area contributed by atoms with Crippen molar-refractivity contribution in [2.45, 2.75) is 18.8 Å². The van der Waals surface area contributed by atoms with Gasteiger partial charge in [-0.05, 0) is 55.0 Å². The molecule has 0 unspecified atom stereocenters. The maximum absolute atomic E-state index is 13.1. The molecule has 31 heavy (non-hydrogen) atoms. The number of carbonyl (C=O) groups is 2. The summed E-state index contributed by atoms with van der Waals surface area (Å²) in [6, 6.07) is 12.6. The van der Waals surface area contributed by atoms with Crippen molar-refractivity contribution in [1.29, 1.82) is 0 Å². The van der Waals surface area contributed by atoms with Gasteiger partial charge in [0.15, 0.2) is 5.17 Å². The number of hydrogen-bond acceptors (Lipinski definition) is 6. The number of methoxy groups -OCH3 is 1. The summed E-state index contributed by atoms with van der Waals surface area (Å²) in [4.78, 5) is 30.3. The van der Waals surface area contributed by atoms with Crippen LogP contribution in [0.5, 0.6) is 11.5 Å². The number of amides is 2. The van der Waals surface area contributed by atoms with Crippen LogP contribution in [0.25, 0.3) is 6.08 Å². The molecule has 0 radical (unpaired) electrons. The van der Waals surface area contributed by atoms with Gasteiger partial charge in [-0.1, -0.05) is 23.9 Å². The van der Waals surface area contributed by atoms with Crippen molar-refractivity contribution in [3.05, 3.63) is 59.8 Å². The number of anilines is 1. The Morgan fingerprint density at radius 3 is 2.29 bits per heavy atom. The van der Waals surface area contributed by atoms with Crippen LogP contribution in [0.2, 0.25) is 0 Å². The zero-order valence-electron chi connectivity index (χ0n) is 16.6. The molecule has 162 valence electrons. The molecular formula is C21H19F2N3O4S. The van der Waals surface area contributed by atoms with Gasteiger partial charge in [0.2, 0.25) is 5.91 Å². The molecule has 2 amide bonds. The maximum Gasteiger partial charge on any atom is 0.387 e. The third kappa shape index (κ3) is 5.40. The molecule has 1 atom stereocenters. The highest BCUT2D eigenvalue weighted by atomic mass is 32.2. The van der Waals surface area contributed by atoms with Crippen LogP contribution < -0.4 is 20.1 Å². The molecule has 3 rings (SSSR count). The molecule has 0 spiro atoms. The second-order valence-corrected chi connectivity index (χ2v) is 7.68. The highest BCUT2D eigenvalue weighted by molar-refractivity contribution is 8.15. The van der Waals surface area contributed by atoms with Gasteiger partial charge in [0.25, 0.3) is 5.91 Å². The van der Waals surface area contributed by atoms with Gasteiger partial charge in [-0.2, -0.15) is 8.78 Å². The first-order chi connectivity index (χ1) is 14.8. The fraction of sp³-hybridized carbons (Fsp3) is 0.190. The number of thioether (sulfide) groups is 1. The molecule has 2 aromatic rings. The Morgan fingerprint density at radius 2 is 1.74 bits per heavy atom. The van der Waals surface area contributed by atoms with Crippen LogP contribution >= 0.6 is 11.8 Å². The third-order valence-corrected chi connectivity index (χ3v) is 5.32. The number of alkyl halides is 2. The number of hydrogen-bond donors (Lipinski definition) is 1. The maximum atomic E-state index is 13.1. The Bertz CT molecular complexity index is 1020. The number of amidine groups is 1. The van der Waals surface area contributed by atoms with E-state index in [4.69, 9.17) is 10.5 Å². The number of primary amides is 1.